The molecule has 1 atom stereocenters. The molecule has 0 aromatic carbocycles. The molecule has 1 unspecified atom stereocenters. The molecule has 116 valence electrons. The first-order chi connectivity index (χ1) is 9.66. The summed E-state index contributed by atoms with van der Waals surface area (Å²) < 4.78 is 0. The summed E-state index contributed by atoms with van der Waals surface area (Å²) in [4.78, 5) is 14.7. The number of rotatable bonds is 4. The standard InChI is InChI=1S/C16H31N3O/c1-13(2)12-18-16(20)14-6-10-19(11-7-14)15-4-3-8-17-9-5-15/h13-15,17H,3-12H2,1-2H3,(H,18,20). The Bertz CT molecular complexity index is 290. The highest BCUT2D eigenvalue weighted by Crippen LogP contribution is 2.23. The molecule has 0 saturated carbocycles. The molecule has 2 N–H and O–H groups in total. The van der Waals surface area contributed by atoms with E-state index in [1.807, 2.05) is 0 Å². The molecule has 20 heavy (non-hydrogen) atoms. The summed E-state index contributed by atoms with van der Waals surface area (Å²) in [6.07, 6.45) is 5.95. The number of carbonyl (C=O) groups is 1. The Balaban J connectivity index is 1.72. The number of amides is 1. The predicted molar refractivity (Wildman–Crippen MR) is 82.7 cm³/mol. The molecule has 0 bridgehead atoms. The number of nitrogens with one attached hydrogen (secondary N) is 2. The summed E-state index contributed by atoms with van der Waals surface area (Å²) in [6, 6.07) is 0.740. The third kappa shape index (κ3) is 4.74. The van der Waals surface area contributed by atoms with Gasteiger partial charge in [0.2, 0.25) is 5.91 Å². The van der Waals surface area contributed by atoms with E-state index in [0.29, 0.717) is 5.92 Å². The molecule has 0 spiro atoms. The van der Waals surface area contributed by atoms with Crippen LogP contribution in [0.15, 0.2) is 0 Å². The summed E-state index contributed by atoms with van der Waals surface area (Å²) in [5.41, 5.74) is 0. The van der Waals surface area contributed by atoms with Gasteiger partial charge in [0.1, 0.15) is 0 Å². The second-order valence-corrected chi connectivity index (χ2v) is 6.78. The Labute approximate surface area is 123 Å². The monoisotopic (exact) mass is 281 g/mol. The molecule has 1 amide bonds. The van der Waals surface area contributed by atoms with Gasteiger partial charge in [-0.3, -0.25) is 4.79 Å². The van der Waals surface area contributed by atoms with E-state index >= 15 is 0 Å². The lowest BCUT2D eigenvalue weighted by atomic mass is 9.93. The van der Waals surface area contributed by atoms with Crippen LogP contribution in [-0.4, -0.2) is 49.6 Å². The van der Waals surface area contributed by atoms with Gasteiger partial charge < -0.3 is 15.5 Å². The molecule has 2 rings (SSSR count). The fourth-order valence-electron chi connectivity index (χ4n) is 3.34. The molecule has 2 aliphatic heterocycles. The fraction of sp³-hybridized carbons (Fsp3) is 0.938. The Kier molecular flexibility index (Phi) is 6.30. The lowest BCUT2D eigenvalue weighted by Crippen LogP contribution is -2.45. The minimum absolute atomic E-state index is 0.244. The van der Waals surface area contributed by atoms with Crippen molar-refractivity contribution in [2.45, 2.75) is 52.0 Å². The van der Waals surface area contributed by atoms with Gasteiger partial charge in [0, 0.05) is 18.5 Å². The normalized spacial score (nSPS) is 26.4. The maximum absolute atomic E-state index is 12.1. The molecule has 0 radical (unpaired) electrons. The molecule has 2 fully saturated rings. The van der Waals surface area contributed by atoms with Gasteiger partial charge in [-0.05, 0) is 64.2 Å². The molecule has 4 heteroatoms. The van der Waals surface area contributed by atoms with Gasteiger partial charge in [0.25, 0.3) is 0 Å². The van der Waals surface area contributed by atoms with Crippen LogP contribution in [0.2, 0.25) is 0 Å². The van der Waals surface area contributed by atoms with E-state index in [9.17, 15) is 4.79 Å². The van der Waals surface area contributed by atoms with Crippen molar-refractivity contribution in [2.75, 3.05) is 32.7 Å². The minimum atomic E-state index is 0.244. The SMILES string of the molecule is CC(C)CNC(=O)C1CCN(C2CCCNCC2)CC1. The van der Waals surface area contributed by atoms with E-state index in [1.54, 1.807) is 0 Å². The Morgan fingerprint density at radius 3 is 2.65 bits per heavy atom. The van der Waals surface area contributed by atoms with Crippen LogP contribution in [0.3, 0.4) is 0 Å². The summed E-state index contributed by atoms with van der Waals surface area (Å²) in [6.45, 7) is 9.62. The van der Waals surface area contributed by atoms with Gasteiger partial charge in [-0.1, -0.05) is 13.8 Å². The van der Waals surface area contributed by atoms with Gasteiger partial charge in [0.05, 0.1) is 0 Å². The van der Waals surface area contributed by atoms with Crippen LogP contribution in [0, 0.1) is 11.8 Å². The van der Waals surface area contributed by atoms with Crippen LogP contribution in [0.25, 0.3) is 0 Å². The zero-order valence-electron chi connectivity index (χ0n) is 13.2. The quantitative estimate of drug-likeness (QED) is 0.823. The summed E-state index contributed by atoms with van der Waals surface area (Å²) in [7, 11) is 0. The van der Waals surface area contributed by atoms with Gasteiger partial charge in [-0.15, -0.1) is 0 Å². The van der Waals surface area contributed by atoms with E-state index in [4.69, 9.17) is 0 Å². The van der Waals surface area contributed by atoms with Crippen LogP contribution < -0.4 is 10.6 Å². The molecule has 2 aliphatic rings. The Morgan fingerprint density at radius 2 is 1.95 bits per heavy atom. The van der Waals surface area contributed by atoms with E-state index in [1.165, 1.54) is 25.8 Å². The molecular weight excluding hydrogens is 250 g/mol. The van der Waals surface area contributed by atoms with E-state index in [-0.39, 0.29) is 11.8 Å². The largest absolute Gasteiger partial charge is 0.356 e. The summed E-state index contributed by atoms with van der Waals surface area (Å²) >= 11 is 0. The minimum Gasteiger partial charge on any atom is -0.356 e. The Hall–Kier alpha value is -0.610. The van der Waals surface area contributed by atoms with Crippen molar-refractivity contribution >= 4 is 5.91 Å². The van der Waals surface area contributed by atoms with Gasteiger partial charge in [0.15, 0.2) is 0 Å². The van der Waals surface area contributed by atoms with Crippen molar-refractivity contribution in [3.05, 3.63) is 0 Å². The van der Waals surface area contributed by atoms with Gasteiger partial charge >= 0.3 is 0 Å². The van der Waals surface area contributed by atoms with Crippen LogP contribution in [0.4, 0.5) is 0 Å². The second-order valence-electron chi connectivity index (χ2n) is 6.78. The highest BCUT2D eigenvalue weighted by molar-refractivity contribution is 5.78. The molecule has 2 saturated heterocycles. The average molecular weight is 281 g/mol. The van der Waals surface area contributed by atoms with Crippen LogP contribution in [-0.2, 0) is 4.79 Å². The van der Waals surface area contributed by atoms with Crippen LogP contribution in [0.1, 0.15) is 46.0 Å². The van der Waals surface area contributed by atoms with Crippen molar-refractivity contribution in [2.24, 2.45) is 11.8 Å². The first-order valence-corrected chi connectivity index (χ1v) is 8.39. The van der Waals surface area contributed by atoms with Crippen molar-refractivity contribution in [3.63, 3.8) is 0 Å². The lowest BCUT2D eigenvalue weighted by molar-refractivity contribution is -0.126. The number of nitrogens with zero attached hydrogens (tertiary/aromatic N) is 1. The van der Waals surface area contributed by atoms with Crippen LogP contribution >= 0.6 is 0 Å². The Morgan fingerprint density at radius 1 is 1.20 bits per heavy atom. The van der Waals surface area contributed by atoms with Gasteiger partial charge in [-0.25, -0.2) is 0 Å². The van der Waals surface area contributed by atoms with Crippen LogP contribution in [0.5, 0.6) is 0 Å². The first kappa shape index (κ1) is 15.8. The van der Waals surface area contributed by atoms with Crippen molar-refractivity contribution in [1.82, 2.24) is 15.5 Å². The molecule has 0 aromatic rings. The van der Waals surface area contributed by atoms with Crippen molar-refractivity contribution < 1.29 is 4.79 Å². The maximum atomic E-state index is 12.1. The van der Waals surface area contributed by atoms with E-state index in [0.717, 1.165) is 45.1 Å². The average Bonchev–Trinajstić information content (AvgIpc) is 2.74. The van der Waals surface area contributed by atoms with Crippen molar-refractivity contribution in [3.8, 4) is 0 Å². The third-order valence-electron chi connectivity index (χ3n) is 4.65. The topological polar surface area (TPSA) is 44.4 Å². The fourth-order valence-corrected chi connectivity index (χ4v) is 3.34. The van der Waals surface area contributed by atoms with E-state index < -0.39 is 0 Å². The van der Waals surface area contributed by atoms with Gasteiger partial charge in [-0.2, -0.15) is 0 Å². The lowest BCUT2D eigenvalue weighted by Gasteiger charge is -2.36. The molecule has 2 heterocycles. The summed E-state index contributed by atoms with van der Waals surface area (Å²) in [5.74, 6) is 1.06. The smallest absolute Gasteiger partial charge is 0.223 e. The number of carbonyl (C=O) groups excluding carboxylic acids is 1. The highest BCUT2D eigenvalue weighted by Gasteiger charge is 2.28. The molecule has 4 nitrogen and oxygen atoms in total. The predicted octanol–water partition coefficient (Wildman–Crippen LogP) is 1.61. The maximum Gasteiger partial charge on any atom is 0.223 e. The highest BCUT2D eigenvalue weighted by atomic mass is 16.1. The summed E-state index contributed by atoms with van der Waals surface area (Å²) in [5, 5.41) is 6.57. The molecule has 0 aliphatic carbocycles. The zero-order valence-corrected chi connectivity index (χ0v) is 13.2. The molecular formula is C16H31N3O. The number of hydrogen-bond donors (Lipinski definition) is 2. The zero-order chi connectivity index (χ0) is 14.4. The van der Waals surface area contributed by atoms with E-state index in [2.05, 4.69) is 29.4 Å². The molecule has 0 aromatic heterocycles. The number of likely N-dealkylation sites (tertiary alicyclic amines) is 1. The third-order valence-corrected chi connectivity index (χ3v) is 4.65. The second kappa shape index (κ2) is 7.99. The van der Waals surface area contributed by atoms with Crippen molar-refractivity contribution in [1.29, 1.82) is 0 Å². The number of piperidine rings is 1. The first-order valence-electron chi connectivity index (χ1n) is 8.39. The number of hydrogen-bond acceptors (Lipinski definition) is 3.